The van der Waals surface area contributed by atoms with Gasteiger partial charge in [0, 0.05) is 29.8 Å². The second-order valence-corrected chi connectivity index (χ2v) is 5.78. The standard InChI is InChI=1S/C14H15BrFN3/c15-14-5-11(16)2-1-10(14)7-19-8-13(18-9-19)6-17-12-3-4-12/h1-2,5,8-9,12,17H,3-4,6-7H2. The molecule has 0 atom stereocenters. The second-order valence-electron chi connectivity index (χ2n) is 4.93. The molecular weight excluding hydrogens is 309 g/mol. The van der Waals surface area contributed by atoms with E-state index in [1.165, 1.54) is 25.0 Å². The van der Waals surface area contributed by atoms with Gasteiger partial charge in [0.15, 0.2) is 0 Å². The van der Waals surface area contributed by atoms with Gasteiger partial charge in [0.05, 0.1) is 12.0 Å². The zero-order valence-electron chi connectivity index (χ0n) is 10.4. The van der Waals surface area contributed by atoms with Gasteiger partial charge in [-0.2, -0.15) is 0 Å². The van der Waals surface area contributed by atoms with Gasteiger partial charge in [0.25, 0.3) is 0 Å². The predicted octanol–water partition coefficient (Wildman–Crippen LogP) is 3.09. The smallest absolute Gasteiger partial charge is 0.124 e. The van der Waals surface area contributed by atoms with Crippen LogP contribution in [0, 0.1) is 5.82 Å². The maximum absolute atomic E-state index is 13.0. The van der Waals surface area contributed by atoms with E-state index >= 15 is 0 Å². The van der Waals surface area contributed by atoms with Crippen LogP contribution in [-0.4, -0.2) is 15.6 Å². The maximum atomic E-state index is 13.0. The van der Waals surface area contributed by atoms with Gasteiger partial charge in [-0.15, -0.1) is 0 Å². The minimum absolute atomic E-state index is 0.226. The van der Waals surface area contributed by atoms with Crippen molar-refractivity contribution in [2.24, 2.45) is 0 Å². The molecule has 5 heteroatoms. The van der Waals surface area contributed by atoms with E-state index in [0.29, 0.717) is 12.6 Å². The zero-order valence-corrected chi connectivity index (χ0v) is 12.0. The second kappa shape index (κ2) is 5.43. The highest BCUT2D eigenvalue weighted by Gasteiger charge is 2.20. The van der Waals surface area contributed by atoms with E-state index in [-0.39, 0.29) is 5.82 Å². The molecule has 0 spiro atoms. The number of aromatic nitrogens is 2. The molecule has 1 aliphatic carbocycles. The molecule has 0 bridgehead atoms. The first-order valence-corrected chi connectivity index (χ1v) is 7.18. The van der Waals surface area contributed by atoms with E-state index < -0.39 is 0 Å². The molecule has 0 unspecified atom stereocenters. The Morgan fingerprint density at radius 1 is 1.42 bits per heavy atom. The van der Waals surface area contributed by atoms with Gasteiger partial charge in [0.1, 0.15) is 5.82 Å². The minimum Gasteiger partial charge on any atom is -0.333 e. The van der Waals surface area contributed by atoms with E-state index in [1.54, 1.807) is 6.07 Å². The lowest BCUT2D eigenvalue weighted by Gasteiger charge is -2.05. The Kier molecular flexibility index (Phi) is 3.66. The summed E-state index contributed by atoms with van der Waals surface area (Å²) in [7, 11) is 0. The Morgan fingerprint density at radius 3 is 3.00 bits per heavy atom. The summed E-state index contributed by atoms with van der Waals surface area (Å²) in [5.41, 5.74) is 2.09. The number of hydrogen-bond donors (Lipinski definition) is 1. The van der Waals surface area contributed by atoms with Gasteiger partial charge < -0.3 is 9.88 Å². The van der Waals surface area contributed by atoms with Crippen LogP contribution >= 0.6 is 15.9 Å². The summed E-state index contributed by atoms with van der Waals surface area (Å²) in [5.74, 6) is -0.226. The van der Waals surface area contributed by atoms with Crippen LogP contribution in [0.1, 0.15) is 24.1 Å². The lowest BCUT2D eigenvalue weighted by Crippen LogP contribution is -2.15. The molecule has 1 aromatic heterocycles. The van der Waals surface area contributed by atoms with E-state index in [4.69, 9.17) is 0 Å². The van der Waals surface area contributed by atoms with Crippen LogP contribution in [0.15, 0.2) is 35.2 Å². The molecule has 3 nitrogen and oxygen atoms in total. The number of hydrogen-bond acceptors (Lipinski definition) is 2. The molecule has 0 amide bonds. The molecule has 1 aromatic carbocycles. The summed E-state index contributed by atoms with van der Waals surface area (Å²) < 4.78 is 15.8. The van der Waals surface area contributed by atoms with Gasteiger partial charge >= 0.3 is 0 Å². The first kappa shape index (κ1) is 12.8. The predicted molar refractivity (Wildman–Crippen MR) is 75.3 cm³/mol. The van der Waals surface area contributed by atoms with Crippen molar-refractivity contribution in [3.05, 3.63) is 52.3 Å². The van der Waals surface area contributed by atoms with Crippen LogP contribution in [0.2, 0.25) is 0 Å². The summed E-state index contributed by atoms with van der Waals surface area (Å²) in [6.45, 7) is 1.51. The van der Waals surface area contributed by atoms with Crippen molar-refractivity contribution in [2.45, 2.75) is 32.0 Å². The highest BCUT2D eigenvalue weighted by molar-refractivity contribution is 9.10. The third kappa shape index (κ3) is 3.42. The number of benzene rings is 1. The average molecular weight is 324 g/mol. The van der Waals surface area contributed by atoms with Crippen LogP contribution in [0.3, 0.4) is 0 Å². The number of imidazole rings is 1. The third-order valence-corrected chi connectivity index (χ3v) is 3.94. The summed E-state index contributed by atoms with van der Waals surface area (Å²) in [5, 5.41) is 3.43. The SMILES string of the molecule is Fc1ccc(Cn2cnc(CNC3CC3)c2)c(Br)c1. The molecule has 2 aromatic rings. The zero-order chi connectivity index (χ0) is 13.2. The molecule has 1 heterocycles. The van der Waals surface area contributed by atoms with Crippen LogP contribution in [0.5, 0.6) is 0 Å². The first-order chi connectivity index (χ1) is 9.20. The van der Waals surface area contributed by atoms with Crippen molar-refractivity contribution >= 4 is 15.9 Å². The van der Waals surface area contributed by atoms with Crippen molar-refractivity contribution in [3.8, 4) is 0 Å². The van der Waals surface area contributed by atoms with Gasteiger partial charge in [-0.25, -0.2) is 9.37 Å². The van der Waals surface area contributed by atoms with Crippen LogP contribution in [0.4, 0.5) is 4.39 Å². The van der Waals surface area contributed by atoms with Gasteiger partial charge in [-0.3, -0.25) is 0 Å². The number of nitrogens with one attached hydrogen (secondary N) is 1. The quantitative estimate of drug-likeness (QED) is 0.916. The highest BCUT2D eigenvalue weighted by atomic mass is 79.9. The Labute approximate surface area is 120 Å². The molecule has 0 radical (unpaired) electrons. The maximum Gasteiger partial charge on any atom is 0.124 e. The summed E-state index contributed by atoms with van der Waals surface area (Å²) in [6.07, 6.45) is 6.41. The van der Waals surface area contributed by atoms with E-state index in [0.717, 1.165) is 22.3 Å². The summed E-state index contributed by atoms with van der Waals surface area (Å²) >= 11 is 3.38. The Balaban J connectivity index is 1.65. The molecule has 0 aliphatic heterocycles. The monoisotopic (exact) mass is 323 g/mol. The fourth-order valence-electron chi connectivity index (χ4n) is 1.97. The minimum atomic E-state index is -0.226. The fourth-order valence-corrected chi connectivity index (χ4v) is 2.44. The van der Waals surface area contributed by atoms with Gasteiger partial charge in [-0.1, -0.05) is 22.0 Å². The lowest BCUT2D eigenvalue weighted by atomic mass is 10.2. The van der Waals surface area contributed by atoms with Crippen molar-refractivity contribution in [2.75, 3.05) is 0 Å². The van der Waals surface area contributed by atoms with Crippen molar-refractivity contribution in [3.63, 3.8) is 0 Å². The van der Waals surface area contributed by atoms with Crippen molar-refractivity contribution in [1.29, 1.82) is 0 Å². The van der Waals surface area contributed by atoms with E-state index in [1.807, 2.05) is 17.1 Å². The fraction of sp³-hybridized carbons (Fsp3) is 0.357. The van der Waals surface area contributed by atoms with Crippen molar-refractivity contribution < 1.29 is 4.39 Å². The molecule has 1 saturated carbocycles. The Hall–Kier alpha value is -1.20. The summed E-state index contributed by atoms with van der Waals surface area (Å²) in [4.78, 5) is 4.37. The number of halogens is 2. The topological polar surface area (TPSA) is 29.9 Å². The summed E-state index contributed by atoms with van der Waals surface area (Å²) in [6, 6.07) is 5.45. The molecule has 3 rings (SSSR count). The Morgan fingerprint density at radius 2 is 2.26 bits per heavy atom. The van der Waals surface area contributed by atoms with Gasteiger partial charge in [0.2, 0.25) is 0 Å². The molecule has 1 fully saturated rings. The molecule has 1 aliphatic rings. The number of nitrogens with zero attached hydrogens (tertiary/aromatic N) is 2. The lowest BCUT2D eigenvalue weighted by molar-refractivity contribution is 0.625. The Bertz CT molecular complexity index is 578. The third-order valence-electron chi connectivity index (χ3n) is 3.20. The molecule has 19 heavy (non-hydrogen) atoms. The van der Waals surface area contributed by atoms with E-state index in [9.17, 15) is 4.39 Å². The van der Waals surface area contributed by atoms with Crippen LogP contribution < -0.4 is 5.32 Å². The first-order valence-electron chi connectivity index (χ1n) is 6.38. The van der Waals surface area contributed by atoms with Gasteiger partial charge in [-0.05, 0) is 30.5 Å². The average Bonchev–Trinajstić information content (AvgIpc) is 3.10. The molecule has 100 valence electrons. The van der Waals surface area contributed by atoms with Crippen LogP contribution in [-0.2, 0) is 13.1 Å². The molecule has 0 saturated heterocycles. The highest BCUT2D eigenvalue weighted by Crippen LogP contribution is 2.20. The van der Waals surface area contributed by atoms with Crippen LogP contribution in [0.25, 0.3) is 0 Å². The number of rotatable bonds is 5. The molecular formula is C14H15BrFN3. The largest absolute Gasteiger partial charge is 0.333 e. The molecule has 1 N–H and O–H groups in total. The van der Waals surface area contributed by atoms with E-state index in [2.05, 4.69) is 26.2 Å². The van der Waals surface area contributed by atoms with Crippen molar-refractivity contribution in [1.82, 2.24) is 14.9 Å². The normalized spacial score (nSPS) is 14.8.